The lowest BCUT2D eigenvalue weighted by Crippen LogP contribution is -2.45. The summed E-state index contributed by atoms with van der Waals surface area (Å²) in [5.41, 5.74) is 0.973. The fourth-order valence-corrected chi connectivity index (χ4v) is 2.79. The predicted molar refractivity (Wildman–Crippen MR) is 80.3 cm³/mol. The number of aliphatic hydroxyl groups excluding tert-OH is 1. The number of hydrogen-bond acceptors (Lipinski definition) is 3. The standard InChI is InChI=1S/C17H22N2O2/c18-12-14(11-13-7-3-1-4-8-13)17(21)19-15-9-5-2-6-10-16(15)20/h1,3-4,7-8,14-16,20H,2,5-6,9-11H2,(H,19,21). The van der Waals surface area contributed by atoms with Crippen molar-refractivity contribution in [2.45, 2.75) is 50.7 Å². The summed E-state index contributed by atoms with van der Waals surface area (Å²) < 4.78 is 0. The molecule has 0 bridgehead atoms. The van der Waals surface area contributed by atoms with E-state index in [2.05, 4.69) is 11.4 Å². The molecule has 21 heavy (non-hydrogen) atoms. The van der Waals surface area contributed by atoms with Crippen LogP contribution in [-0.2, 0) is 11.2 Å². The van der Waals surface area contributed by atoms with Gasteiger partial charge in [0.05, 0.1) is 18.2 Å². The van der Waals surface area contributed by atoms with Gasteiger partial charge in [-0.3, -0.25) is 4.79 Å². The van der Waals surface area contributed by atoms with Crippen molar-refractivity contribution in [3.8, 4) is 6.07 Å². The smallest absolute Gasteiger partial charge is 0.238 e. The summed E-state index contributed by atoms with van der Waals surface area (Å²) in [5, 5.41) is 22.1. The highest BCUT2D eigenvalue weighted by Gasteiger charge is 2.26. The molecule has 1 amide bonds. The van der Waals surface area contributed by atoms with Crippen LogP contribution in [0.25, 0.3) is 0 Å². The lowest BCUT2D eigenvalue weighted by atomic mass is 9.98. The molecule has 1 aromatic carbocycles. The molecule has 1 fully saturated rings. The molecule has 1 aliphatic rings. The number of nitrogens with zero attached hydrogens (tertiary/aromatic N) is 1. The minimum atomic E-state index is -0.706. The number of aliphatic hydroxyl groups is 1. The van der Waals surface area contributed by atoms with Crippen LogP contribution in [0, 0.1) is 17.2 Å². The summed E-state index contributed by atoms with van der Waals surface area (Å²) in [7, 11) is 0. The molecule has 3 atom stereocenters. The third-order valence-electron chi connectivity index (χ3n) is 4.06. The Balaban J connectivity index is 1.95. The number of nitrogens with one attached hydrogen (secondary N) is 1. The Kier molecular flexibility index (Phi) is 5.77. The minimum Gasteiger partial charge on any atom is -0.391 e. The van der Waals surface area contributed by atoms with E-state index in [1.807, 2.05) is 30.3 Å². The van der Waals surface area contributed by atoms with Gasteiger partial charge in [-0.2, -0.15) is 5.26 Å². The van der Waals surface area contributed by atoms with Crippen LogP contribution in [0.5, 0.6) is 0 Å². The van der Waals surface area contributed by atoms with E-state index in [0.29, 0.717) is 6.42 Å². The van der Waals surface area contributed by atoms with Gasteiger partial charge in [-0.05, 0) is 24.8 Å². The van der Waals surface area contributed by atoms with Crippen molar-refractivity contribution in [3.63, 3.8) is 0 Å². The monoisotopic (exact) mass is 286 g/mol. The zero-order valence-electron chi connectivity index (χ0n) is 12.2. The number of carbonyl (C=O) groups excluding carboxylic acids is 1. The third kappa shape index (κ3) is 4.57. The van der Waals surface area contributed by atoms with E-state index in [1.54, 1.807) is 0 Å². The van der Waals surface area contributed by atoms with Crippen LogP contribution in [0.4, 0.5) is 0 Å². The largest absolute Gasteiger partial charge is 0.391 e. The van der Waals surface area contributed by atoms with Crippen LogP contribution in [0.15, 0.2) is 30.3 Å². The second kappa shape index (κ2) is 7.80. The maximum atomic E-state index is 12.3. The molecular formula is C17H22N2O2. The quantitative estimate of drug-likeness (QED) is 0.833. The number of benzene rings is 1. The van der Waals surface area contributed by atoms with Gasteiger partial charge in [0.1, 0.15) is 5.92 Å². The summed E-state index contributed by atoms with van der Waals surface area (Å²) >= 11 is 0. The third-order valence-corrected chi connectivity index (χ3v) is 4.06. The molecule has 0 heterocycles. The summed E-state index contributed by atoms with van der Waals surface area (Å²) in [6, 6.07) is 11.4. The zero-order chi connectivity index (χ0) is 15.1. The van der Waals surface area contributed by atoms with Gasteiger partial charge in [0.25, 0.3) is 0 Å². The van der Waals surface area contributed by atoms with Crippen molar-refractivity contribution in [1.29, 1.82) is 5.26 Å². The minimum absolute atomic E-state index is 0.216. The van der Waals surface area contributed by atoms with Crippen molar-refractivity contribution in [2.75, 3.05) is 0 Å². The fourth-order valence-electron chi connectivity index (χ4n) is 2.79. The average molecular weight is 286 g/mol. The Morgan fingerprint density at radius 2 is 2.00 bits per heavy atom. The van der Waals surface area contributed by atoms with Crippen molar-refractivity contribution in [2.24, 2.45) is 5.92 Å². The van der Waals surface area contributed by atoms with E-state index in [-0.39, 0.29) is 11.9 Å². The van der Waals surface area contributed by atoms with Gasteiger partial charge >= 0.3 is 0 Å². The molecular weight excluding hydrogens is 264 g/mol. The molecule has 2 rings (SSSR count). The Labute approximate surface area is 125 Å². The summed E-state index contributed by atoms with van der Waals surface area (Å²) in [5.74, 6) is -0.977. The first kappa shape index (κ1) is 15.5. The van der Waals surface area contributed by atoms with Crippen LogP contribution in [0.2, 0.25) is 0 Å². The van der Waals surface area contributed by atoms with Gasteiger partial charge in [-0.1, -0.05) is 49.6 Å². The summed E-state index contributed by atoms with van der Waals surface area (Å²) in [6.45, 7) is 0. The van der Waals surface area contributed by atoms with Crippen molar-refractivity contribution in [3.05, 3.63) is 35.9 Å². The molecule has 4 heteroatoms. The van der Waals surface area contributed by atoms with Gasteiger partial charge in [-0.15, -0.1) is 0 Å². The maximum Gasteiger partial charge on any atom is 0.238 e. The highest BCUT2D eigenvalue weighted by atomic mass is 16.3. The second-order valence-electron chi connectivity index (χ2n) is 5.69. The van der Waals surface area contributed by atoms with E-state index < -0.39 is 12.0 Å². The first-order valence-corrected chi connectivity index (χ1v) is 7.62. The Morgan fingerprint density at radius 1 is 1.29 bits per heavy atom. The van der Waals surface area contributed by atoms with Crippen LogP contribution in [-0.4, -0.2) is 23.2 Å². The number of hydrogen-bond donors (Lipinski definition) is 2. The highest BCUT2D eigenvalue weighted by Crippen LogP contribution is 2.19. The molecule has 4 nitrogen and oxygen atoms in total. The molecule has 3 unspecified atom stereocenters. The van der Waals surface area contributed by atoms with E-state index in [9.17, 15) is 15.2 Å². The Hall–Kier alpha value is -1.86. The summed E-state index contributed by atoms with van der Waals surface area (Å²) in [4.78, 5) is 12.3. The normalized spacial score (nSPS) is 23.6. The topological polar surface area (TPSA) is 73.1 Å². The number of amides is 1. The first-order chi connectivity index (χ1) is 10.2. The molecule has 0 saturated heterocycles. The van der Waals surface area contributed by atoms with Crippen LogP contribution < -0.4 is 5.32 Å². The van der Waals surface area contributed by atoms with Crippen molar-refractivity contribution < 1.29 is 9.90 Å². The number of nitriles is 1. The van der Waals surface area contributed by atoms with Gasteiger partial charge in [0.15, 0.2) is 0 Å². The zero-order valence-corrected chi connectivity index (χ0v) is 12.2. The molecule has 1 aliphatic carbocycles. The van der Waals surface area contributed by atoms with E-state index in [4.69, 9.17) is 0 Å². The molecule has 1 aromatic rings. The van der Waals surface area contributed by atoms with E-state index >= 15 is 0 Å². The average Bonchev–Trinajstić information content (AvgIpc) is 2.71. The molecule has 1 saturated carbocycles. The van der Waals surface area contributed by atoms with Crippen LogP contribution >= 0.6 is 0 Å². The van der Waals surface area contributed by atoms with Crippen LogP contribution in [0.1, 0.15) is 37.7 Å². The van der Waals surface area contributed by atoms with E-state index in [1.165, 1.54) is 0 Å². The summed E-state index contributed by atoms with van der Waals surface area (Å²) in [6.07, 6.45) is 4.53. The van der Waals surface area contributed by atoms with Gasteiger partial charge in [-0.25, -0.2) is 0 Å². The molecule has 112 valence electrons. The maximum absolute atomic E-state index is 12.3. The van der Waals surface area contributed by atoms with Crippen molar-refractivity contribution >= 4 is 5.91 Å². The van der Waals surface area contributed by atoms with Gasteiger partial charge in [0, 0.05) is 0 Å². The van der Waals surface area contributed by atoms with Crippen LogP contribution in [0.3, 0.4) is 0 Å². The number of carbonyl (C=O) groups is 1. The SMILES string of the molecule is N#CC(Cc1ccccc1)C(=O)NC1CCCCCC1O. The van der Waals surface area contributed by atoms with E-state index in [0.717, 1.165) is 37.7 Å². The molecule has 0 aromatic heterocycles. The number of rotatable bonds is 4. The highest BCUT2D eigenvalue weighted by molar-refractivity contribution is 5.81. The molecule has 0 spiro atoms. The molecule has 0 radical (unpaired) electrons. The van der Waals surface area contributed by atoms with Crippen molar-refractivity contribution in [1.82, 2.24) is 5.32 Å². The lowest BCUT2D eigenvalue weighted by molar-refractivity contribution is -0.125. The second-order valence-corrected chi connectivity index (χ2v) is 5.69. The predicted octanol–water partition coefficient (Wildman–Crippen LogP) is 2.18. The lowest BCUT2D eigenvalue weighted by Gasteiger charge is -2.23. The molecule has 2 N–H and O–H groups in total. The Morgan fingerprint density at radius 3 is 2.71 bits per heavy atom. The first-order valence-electron chi connectivity index (χ1n) is 7.62. The fraction of sp³-hybridized carbons (Fsp3) is 0.529. The molecule has 0 aliphatic heterocycles. The van der Waals surface area contributed by atoms with Gasteiger partial charge < -0.3 is 10.4 Å². The Bertz CT molecular complexity index is 495. The van der Waals surface area contributed by atoms with Gasteiger partial charge in [0.2, 0.25) is 5.91 Å².